The molecule has 0 atom stereocenters. The van der Waals surface area contributed by atoms with Crippen LogP contribution in [0.4, 0.5) is 39.5 Å². The van der Waals surface area contributed by atoms with Crippen molar-refractivity contribution in [1.82, 2.24) is 9.55 Å². The molecule has 0 saturated heterocycles. The molecule has 0 fully saturated rings. The van der Waals surface area contributed by atoms with Crippen molar-refractivity contribution in [3.8, 4) is 0 Å². The van der Waals surface area contributed by atoms with E-state index in [1.165, 1.54) is 12.8 Å². The van der Waals surface area contributed by atoms with Gasteiger partial charge in [-0.2, -0.15) is 47.9 Å². The van der Waals surface area contributed by atoms with Gasteiger partial charge in [-0.3, -0.25) is 4.55 Å². The second kappa shape index (κ2) is 8.24. The van der Waals surface area contributed by atoms with Crippen LogP contribution in [0.1, 0.15) is 25.6 Å². The fourth-order valence-electron chi connectivity index (χ4n) is 1.49. The van der Waals surface area contributed by atoms with E-state index in [4.69, 9.17) is 4.55 Å². The number of aromatic nitrogens is 2. The Bertz CT molecular complexity index is 714. The Morgan fingerprint density at radius 1 is 1.04 bits per heavy atom. The summed E-state index contributed by atoms with van der Waals surface area (Å²) in [4.78, 5) is 4.13. The van der Waals surface area contributed by atoms with E-state index in [9.17, 15) is 47.9 Å². The summed E-state index contributed by atoms with van der Waals surface area (Å²) in [5, 5.41) is -7.00. The first-order valence-electron chi connectivity index (χ1n) is 6.99. The van der Waals surface area contributed by atoms with Gasteiger partial charge < -0.3 is 4.57 Å². The first-order valence-corrected chi connectivity index (χ1v) is 8.43. The van der Waals surface area contributed by atoms with Gasteiger partial charge in [0.25, 0.3) is 0 Å². The molecule has 0 amide bonds. The first-order chi connectivity index (χ1) is 11.8. The Kier molecular flexibility index (Phi) is 7.78. The van der Waals surface area contributed by atoms with Crippen LogP contribution in [0.25, 0.3) is 0 Å². The van der Waals surface area contributed by atoms with E-state index in [0.29, 0.717) is 0 Å². The lowest BCUT2D eigenvalue weighted by molar-refractivity contribution is -0.382. The maximum atomic E-state index is 12.2. The van der Waals surface area contributed by atoms with Crippen molar-refractivity contribution < 1.29 is 52.5 Å². The lowest BCUT2D eigenvalue weighted by Crippen LogP contribution is -2.63. The number of alkyl halides is 9. The van der Waals surface area contributed by atoms with E-state index in [-0.39, 0.29) is 0 Å². The number of aryl methyl sites for hydroxylation is 2. The molecule has 0 aliphatic heterocycles. The van der Waals surface area contributed by atoms with E-state index >= 15 is 0 Å². The van der Waals surface area contributed by atoms with Gasteiger partial charge in [0, 0.05) is 18.9 Å². The van der Waals surface area contributed by atoms with Gasteiger partial charge in [-0.15, -0.1) is 0 Å². The first kappa shape index (κ1) is 25.5. The van der Waals surface area contributed by atoms with Gasteiger partial charge in [0.2, 0.25) is 0 Å². The van der Waals surface area contributed by atoms with Gasteiger partial charge in [-0.05, 0) is 13.3 Å². The maximum Gasteiger partial charge on any atom is 0.460 e. The van der Waals surface area contributed by atoms with Crippen molar-refractivity contribution in [2.75, 3.05) is 0 Å². The van der Waals surface area contributed by atoms with Crippen LogP contribution in [0.2, 0.25) is 0 Å². The molecule has 0 aliphatic carbocycles. The summed E-state index contributed by atoms with van der Waals surface area (Å²) in [6.07, 6.45) is -0.755. The summed E-state index contributed by atoms with van der Waals surface area (Å²) in [6.45, 7) is 5.35. The summed E-state index contributed by atoms with van der Waals surface area (Å²) >= 11 is 0. The average Bonchev–Trinajstić information content (AvgIpc) is 2.88. The van der Waals surface area contributed by atoms with Crippen LogP contribution >= 0.6 is 0 Å². The Morgan fingerprint density at radius 2 is 1.52 bits per heavy atom. The second-order valence-electron chi connectivity index (χ2n) is 5.16. The zero-order valence-corrected chi connectivity index (χ0v) is 14.6. The SMILES string of the molecule is CCCCn1ccnc1C.O=S(=O)(O)C(F)(F)C(F)(F)C(F)(F)C(F)(F)F. The number of halogens is 9. The molecule has 1 N–H and O–H groups in total. The zero-order valence-electron chi connectivity index (χ0n) is 13.7. The minimum absolute atomic E-state index is 1.11. The molecule has 27 heavy (non-hydrogen) atoms. The highest BCUT2D eigenvalue weighted by molar-refractivity contribution is 7.87. The lowest BCUT2D eigenvalue weighted by Gasteiger charge is -2.31. The zero-order chi connectivity index (χ0) is 21.9. The molecule has 1 aromatic rings. The third-order valence-corrected chi connectivity index (χ3v) is 4.02. The Hall–Kier alpha value is -1.51. The van der Waals surface area contributed by atoms with E-state index in [1.807, 2.05) is 19.3 Å². The molecule has 0 radical (unpaired) electrons. The molecule has 1 rings (SSSR count). The predicted octanol–water partition coefficient (Wildman–Crippen LogP) is 4.29. The van der Waals surface area contributed by atoms with Gasteiger partial charge >= 0.3 is 33.4 Å². The summed E-state index contributed by atoms with van der Waals surface area (Å²) in [5.74, 6) is -13.6. The predicted molar refractivity (Wildman–Crippen MR) is 74.3 cm³/mol. The van der Waals surface area contributed by atoms with E-state index in [0.717, 1.165) is 12.4 Å². The van der Waals surface area contributed by atoms with Crippen molar-refractivity contribution in [2.45, 2.75) is 56.5 Å². The molecule has 0 aliphatic rings. The molecule has 0 spiro atoms. The standard InChI is InChI=1S/C8H14N2.C4HF9O3S/c1-3-4-6-10-7-5-9-8(10)2;5-1(6,3(9,10)11)2(7,8)4(12,13)17(14,15)16/h5,7H,3-4,6H2,1-2H3;(H,14,15,16). The molecule has 15 heteroatoms. The lowest BCUT2D eigenvalue weighted by atomic mass is 10.1. The van der Waals surface area contributed by atoms with Crippen LogP contribution in [0, 0.1) is 6.92 Å². The number of hydrogen-bond donors (Lipinski definition) is 1. The summed E-state index contributed by atoms with van der Waals surface area (Å²) < 4.78 is 136. The van der Waals surface area contributed by atoms with Gasteiger partial charge in [0.15, 0.2) is 0 Å². The van der Waals surface area contributed by atoms with E-state index in [2.05, 4.69) is 16.5 Å². The highest BCUT2D eigenvalue weighted by Gasteiger charge is 2.85. The largest absolute Gasteiger partial charge is 0.460 e. The Morgan fingerprint density at radius 3 is 1.81 bits per heavy atom. The third kappa shape index (κ3) is 5.27. The highest BCUT2D eigenvalue weighted by atomic mass is 32.2. The van der Waals surface area contributed by atoms with Crippen molar-refractivity contribution in [3.63, 3.8) is 0 Å². The van der Waals surface area contributed by atoms with Crippen LogP contribution in [0.5, 0.6) is 0 Å². The molecular formula is C12H15F9N2O3S. The Labute approximate surface area is 147 Å². The average molecular weight is 438 g/mol. The van der Waals surface area contributed by atoms with Gasteiger partial charge in [-0.1, -0.05) is 13.3 Å². The third-order valence-electron chi connectivity index (χ3n) is 3.12. The van der Waals surface area contributed by atoms with Crippen molar-refractivity contribution in [2.24, 2.45) is 0 Å². The van der Waals surface area contributed by atoms with Crippen LogP contribution < -0.4 is 0 Å². The van der Waals surface area contributed by atoms with E-state index in [1.54, 1.807) is 0 Å². The molecule has 1 heterocycles. The normalized spacial score (nSPS) is 13.9. The number of nitrogens with zero attached hydrogens (tertiary/aromatic N) is 2. The molecular weight excluding hydrogens is 423 g/mol. The minimum Gasteiger partial charge on any atom is -0.335 e. The highest BCUT2D eigenvalue weighted by Crippen LogP contribution is 2.54. The van der Waals surface area contributed by atoms with Crippen LogP contribution in [0.3, 0.4) is 0 Å². The maximum absolute atomic E-state index is 12.2. The molecule has 0 unspecified atom stereocenters. The number of hydrogen-bond acceptors (Lipinski definition) is 3. The summed E-state index contributed by atoms with van der Waals surface area (Å²) in [6, 6.07) is 0. The smallest absolute Gasteiger partial charge is 0.335 e. The van der Waals surface area contributed by atoms with Crippen LogP contribution in [-0.2, 0) is 16.7 Å². The number of rotatable bonds is 6. The fraction of sp³-hybridized carbons (Fsp3) is 0.750. The topological polar surface area (TPSA) is 72.2 Å². The minimum atomic E-state index is -7.37. The summed E-state index contributed by atoms with van der Waals surface area (Å²) in [5.41, 5.74) is 0. The van der Waals surface area contributed by atoms with Gasteiger partial charge in [-0.25, -0.2) is 4.98 Å². The van der Waals surface area contributed by atoms with Crippen molar-refractivity contribution in [1.29, 1.82) is 0 Å². The molecule has 0 aromatic carbocycles. The quantitative estimate of drug-likeness (QED) is 0.531. The van der Waals surface area contributed by atoms with Crippen LogP contribution in [0.15, 0.2) is 12.4 Å². The summed E-state index contributed by atoms with van der Waals surface area (Å²) in [7, 11) is -7.17. The monoisotopic (exact) mass is 438 g/mol. The van der Waals surface area contributed by atoms with Gasteiger partial charge in [0.1, 0.15) is 5.82 Å². The molecule has 0 bridgehead atoms. The molecule has 5 nitrogen and oxygen atoms in total. The molecule has 0 saturated carbocycles. The van der Waals surface area contributed by atoms with Gasteiger partial charge in [0.05, 0.1) is 0 Å². The molecule has 160 valence electrons. The number of imidazole rings is 1. The second-order valence-corrected chi connectivity index (χ2v) is 6.62. The van der Waals surface area contributed by atoms with Crippen molar-refractivity contribution in [3.05, 3.63) is 18.2 Å². The van der Waals surface area contributed by atoms with Crippen LogP contribution in [-0.4, -0.2) is 45.8 Å². The van der Waals surface area contributed by atoms with E-state index < -0.39 is 33.4 Å². The fourth-order valence-corrected chi connectivity index (χ4v) is 1.94. The Balaban J connectivity index is 0.000000569. The molecule has 1 aromatic heterocycles. The number of unbranched alkanes of at least 4 members (excludes halogenated alkanes) is 1. The van der Waals surface area contributed by atoms with Crippen molar-refractivity contribution >= 4 is 10.1 Å².